The molecule has 2 aromatic carbocycles. The van der Waals surface area contributed by atoms with Gasteiger partial charge in [0, 0.05) is 11.6 Å². The summed E-state index contributed by atoms with van der Waals surface area (Å²) in [4.78, 5) is 28.6. The number of nitrogens with zero attached hydrogens (tertiary/aromatic N) is 1. The highest BCUT2D eigenvalue weighted by molar-refractivity contribution is 5.94. The molecule has 0 atom stereocenters. The van der Waals surface area contributed by atoms with Crippen molar-refractivity contribution in [3.05, 3.63) is 106 Å². The molecule has 0 saturated carbocycles. The second kappa shape index (κ2) is 7.72. The third-order valence-electron chi connectivity index (χ3n) is 4.09. The highest BCUT2D eigenvalue weighted by atomic mass is 16.5. The molecule has 28 heavy (non-hydrogen) atoms. The first-order valence-corrected chi connectivity index (χ1v) is 8.63. The van der Waals surface area contributed by atoms with Gasteiger partial charge in [0.15, 0.2) is 0 Å². The Morgan fingerprint density at radius 2 is 1.71 bits per heavy atom. The summed E-state index contributed by atoms with van der Waals surface area (Å²) >= 11 is 0. The lowest BCUT2D eigenvalue weighted by Crippen LogP contribution is -2.18. The molecule has 4 aromatic rings. The molecule has 0 spiro atoms. The van der Waals surface area contributed by atoms with Crippen molar-refractivity contribution in [2.75, 3.05) is 0 Å². The Balaban J connectivity index is 1.50. The molecule has 0 N–H and O–H groups in total. The number of aromatic nitrogens is 1. The molecule has 0 fully saturated rings. The molecule has 0 amide bonds. The van der Waals surface area contributed by atoms with E-state index in [1.54, 1.807) is 42.6 Å². The second-order valence-electron chi connectivity index (χ2n) is 6.03. The Bertz CT molecular complexity index is 1210. The van der Waals surface area contributed by atoms with E-state index in [2.05, 4.69) is 4.98 Å². The summed E-state index contributed by atoms with van der Waals surface area (Å²) in [6.07, 6.45) is 5.53. The lowest BCUT2D eigenvalue weighted by molar-refractivity contribution is 0.0730. The van der Waals surface area contributed by atoms with Crippen LogP contribution in [0.2, 0.25) is 0 Å². The van der Waals surface area contributed by atoms with E-state index in [1.165, 1.54) is 6.07 Å². The summed E-state index contributed by atoms with van der Waals surface area (Å²) in [5.74, 6) is -0.413. The van der Waals surface area contributed by atoms with E-state index in [1.807, 2.05) is 42.5 Å². The summed E-state index contributed by atoms with van der Waals surface area (Å²) in [6.45, 7) is 0. The van der Waals surface area contributed by atoms with Gasteiger partial charge in [-0.05, 0) is 48.0 Å². The van der Waals surface area contributed by atoms with Gasteiger partial charge in [-0.3, -0.25) is 4.98 Å². The monoisotopic (exact) mass is 369 g/mol. The van der Waals surface area contributed by atoms with Gasteiger partial charge in [0.25, 0.3) is 0 Å². The lowest BCUT2D eigenvalue weighted by atomic mass is 10.2. The zero-order valence-electron chi connectivity index (χ0n) is 14.7. The fraction of sp³-hybridized carbons (Fsp3) is 0. The maximum absolute atomic E-state index is 12.4. The first kappa shape index (κ1) is 17.4. The third kappa shape index (κ3) is 3.88. The number of benzene rings is 2. The number of ether oxygens (including phenoxy) is 1. The molecule has 2 aromatic heterocycles. The molecule has 0 aliphatic rings. The van der Waals surface area contributed by atoms with Gasteiger partial charge in [-0.1, -0.05) is 42.5 Å². The SMILES string of the molecule is O=C(Oc1ccc(/C=C/c2ccccn2)cc1)c1cc2ccccc2oc1=O. The summed E-state index contributed by atoms with van der Waals surface area (Å²) in [5.41, 5.74) is 1.33. The van der Waals surface area contributed by atoms with Crippen LogP contribution in [0.4, 0.5) is 0 Å². The van der Waals surface area contributed by atoms with Gasteiger partial charge >= 0.3 is 11.6 Å². The van der Waals surface area contributed by atoms with Crippen LogP contribution in [0.15, 0.2) is 88.2 Å². The van der Waals surface area contributed by atoms with Crippen LogP contribution in [-0.2, 0) is 0 Å². The molecular weight excluding hydrogens is 354 g/mol. The first-order chi connectivity index (χ1) is 13.7. The van der Waals surface area contributed by atoms with Gasteiger partial charge < -0.3 is 9.15 Å². The van der Waals surface area contributed by atoms with Crippen LogP contribution in [-0.4, -0.2) is 11.0 Å². The van der Waals surface area contributed by atoms with Gasteiger partial charge in [0.05, 0.1) is 5.69 Å². The molecule has 0 radical (unpaired) electrons. The average Bonchev–Trinajstić information content (AvgIpc) is 2.73. The minimum Gasteiger partial charge on any atom is -0.423 e. The first-order valence-electron chi connectivity index (χ1n) is 8.63. The Kier molecular flexibility index (Phi) is 4.80. The van der Waals surface area contributed by atoms with Crippen molar-refractivity contribution in [1.82, 2.24) is 4.98 Å². The van der Waals surface area contributed by atoms with Crippen LogP contribution in [0, 0.1) is 0 Å². The van der Waals surface area contributed by atoms with Crippen molar-refractivity contribution in [2.24, 2.45) is 0 Å². The molecular formula is C23H15NO4. The van der Waals surface area contributed by atoms with E-state index in [-0.39, 0.29) is 5.56 Å². The van der Waals surface area contributed by atoms with Crippen LogP contribution in [0.1, 0.15) is 21.6 Å². The van der Waals surface area contributed by atoms with Gasteiger partial charge in [-0.25, -0.2) is 9.59 Å². The predicted octanol–water partition coefficient (Wildman–Crippen LogP) is 4.58. The van der Waals surface area contributed by atoms with Gasteiger partial charge in [-0.15, -0.1) is 0 Å². The van der Waals surface area contributed by atoms with Crippen molar-refractivity contribution < 1.29 is 13.9 Å². The lowest BCUT2D eigenvalue weighted by Gasteiger charge is -2.05. The Morgan fingerprint density at radius 3 is 2.50 bits per heavy atom. The molecule has 0 unspecified atom stereocenters. The smallest absolute Gasteiger partial charge is 0.351 e. The number of esters is 1. The van der Waals surface area contributed by atoms with Crippen LogP contribution < -0.4 is 10.4 Å². The van der Waals surface area contributed by atoms with Crippen LogP contribution in [0.3, 0.4) is 0 Å². The largest absolute Gasteiger partial charge is 0.423 e. The predicted molar refractivity (Wildman–Crippen MR) is 107 cm³/mol. The highest BCUT2D eigenvalue weighted by Crippen LogP contribution is 2.17. The average molecular weight is 369 g/mol. The Morgan fingerprint density at radius 1 is 0.929 bits per heavy atom. The summed E-state index contributed by atoms with van der Waals surface area (Å²) < 4.78 is 10.5. The molecule has 0 saturated heterocycles. The standard InChI is InChI=1S/C23H15NO4/c25-22(20-15-17-5-1-2-7-21(17)28-23(20)26)27-19-12-9-16(10-13-19)8-11-18-6-3-4-14-24-18/h1-15H/b11-8+. The van der Waals surface area contributed by atoms with Gasteiger partial charge in [0.1, 0.15) is 16.9 Å². The number of fused-ring (bicyclic) bond motifs is 1. The molecule has 4 rings (SSSR count). The number of rotatable bonds is 4. The van der Waals surface area contributed by atoms with Crippen molar-refractivity contribution in [1.29, 1.82) is 0 Å². The maximum Gasteiger partial charge on any atom is 0.351 e. The summed E-state index contributed by atoms with van der Waals surface area (Å²) in [6, 6.07) is 21.1. The minimum absolute atomic E-state index is 0.141. The van der Waals surface area contributed by atoms with Crippen LogP contribution in [0.5, 0.6) is 5.75 Å². The van der Waals surface area contributed by atoms with Crippen molar-refractivity contribution in [2.45, 2.75) is 0 Å². The minimum atomic E-state index is -0.753. The van der Waals surface area contributed by atoms with Crippen molar-refractivity contribution >= 4 is 29.1 Å². The fourth-order valence-corrected chi connectivity index (χ4v) is 2.67. The molecule has 0 bridgehead atoms. The summed E-state index contributed by atoms with van der Waals surface area (Å²) in [5, 5.41) is 0.657. The highest BCUT2D eigenvalue weighted by Gasteiger charge is 2.16. The van der Waals surface area contributed by atoms with E-state index >= 15 is 0 Å². The third-order valence-corrected chi connectivity index (χ3v) is 4.09. The second-order valence-corrected chi connectivity index (χ2v) is 6.03. The van der Waals surface area contributed by atoms with Gasteiger partial charge in [0.2, 0.25) is 0 Å². The maximum atomic E-state index is 12.4. The quantitative estimate of drug-likeness (QED) is 0.299. The number of carbonyl (C=O) groups is 1. The van der Waals surface area contributed by atoms with E-state index in [9.17, 15) is 9.59 Å². The normalized spacial score (nSPS) is 11.0. The Hall–Kier alpha value is -3.99. The number of carbonyl (C=O) groups excluding carboxylic acids is 1. The van der Waals surface area contributed by atoms with E-state index < -0.39 is 11.6 Å². The molecule has 0 aliphatic heterocycles. The Labute approximate surface area is 160 Å². The molecule has 5 nitrogen and oxygen atoms in total. The van der Waals surface area contributed by atoms with E-state index in [0.29, 0.717) is 16.7 Å². The fourth-order valence-electron chi connectivity index (χ4n) is 2.67. The number of hydrogen-bond acceptors (Lipinski definition) is 5. The van der Waals surface area contributed by atoms with Crippen LogP contribution in [0.25, 0.3) is 23.1 Å². The molecule has 136 valence electrons. The number of pyridine rings is 1. The van der Waals surface area contributed by atoms with Crippen molar-refractivity contribution in [3.8, 4) is 5.75 Å². The zero-order valence-corrected chi connectivity index (χ0v) is 14.7. The van der Waals surface area contributed by atoms with E-state index in [0.717, 1.165) is 11.3 Å². The number of hydrogen-bond donors (Lipinski definition) is 0. The molecule has 2 heterocycles. The topological polar surface area (TPSA) is 69.4 Å². The van der Waals surface area contributed by atoms with Crippen molar-refractivity contribution in [3.63, 3.8) is 0 Å². The zero-order chi connectivity index (χ0) is 19.3. The molecule has 0 aliphatic carbocycles. The summed E-state index contributed by atoms with van der Waals surface area (Å²) in [7, 11) is 0. The van der Waals surface area contributed by atoms with E-state index in [4.69, 9.17) is 9.15 Å². The number of para-hydroxylation sites is 1. The van der Waals surface area contributed by atoms with Gasteiger partial charge in [-0.2, -0.15) is 0 Å². The van der Waals surface area contributed by atoms with Crippen LogP contribution >= 0.6 is 0 Å². The molecule has 5 heteroatoms.